The quantitative estimate of drug-likeness (QED) is 0.834. The van der Waals surface area contributed by atoms with Crippen LogP contribution in [0.3, 0.4) is 0 Å². The molecule has 0 atom stereocenters. The summed E-state index contributed by atoms with van der Waals surface area (Å²) in [5.41, 5.74) is 3.70. The highest BCUT2D eigenvalue weighted by atomic mass is 35.5. The van der Waals surface area contributed by atoms with Gasteiger partial charge in [-0.25, -0.2) is 0 Å². The van der Waals surface area contributed by atoms with Gasteiger partial charge in [-0.3, -0.25) is 9.69 Å². The molecule has 0 aromatic heterocycles. The number of carbonyl (C=O) groups is 1. The van der Waals surface area contributed by atoms with Gasteiger partial charge in [0.1, 0.15) is 12.4 Å². The van der Waals surface area contributed by atoms with Crippen LogP contribution in [0.15, 0.2) is 36.4 Å². The van der Waals surface area contributed by atoms with Crippen LogP contribution in [0.2, 0.25) is 10.0 Å². The molecule has 1 aliphatic heterocycles. The number of fused-ring (bicyclic) bond motifs is 1. The monoisotopic (exact) mass is 391 g/mol. The zero-order valence-electron chi connectivity index (χ0n) is 14.2. The van der Waals surface area contributed by atoms with E-state index in [1.807, 2.05) is 17.0 Å². The maximum Gasteiger partial charge on any atom is 0.317 e. The van der Waals surface area contributed by atoms with Crippen molar-refractivity contribution < 1.29 is 14.6 Å². The van der Waals surface area contributed by atoms with Crippen molar-refractivity contribution in [1.82, 2.24) is 4.90 Å². The van der Waals surface area contributed by atoms with Gasteiger partial charge in [0.2, 0.25) is 0 Å². The molecule has 0 unspecified atom stereocenters. The Morgan fingerprint density at radius 1 is 1.12 bits per heavy atom. The summed E-state index contributed by atoms with van der Waals surface area (Å²) in [6, 6.07) is 11.6. The van der Waals surface area contributed by atoms with Crippen LogP contribution in [0.5, 0.6) is 5.75 Å². The minimum Gasteiger partial charge on any atom is -0.489 e. The van der Waals surface area contributed by atoms with E-state index >= 15 is 0 Å². The molecule has 1 saturated heterocycles. The third-order valence-electron chi connectivity index (χ3n) is 5.19. The molecule has 26 heavy (non-hydrogen) atoms. The lowest BCUT2D eigenvalue weighted by molar-refractivity contribution is -0.141. The number of ether oxygens (including phenoxy) is 1. The number of aliphatic carboxylic acids is 1. The highest BCUT2D eigenvalue weighted by Gasteiger charge is 2.47. The van der Waals surface area contributed by atoms with Gasteiger partial charge < -0.3 is 9.84 Å². The van der Waals surface area contributed by atoms with Crippen molar-refractivity contribution in [2.45, 2.75) is 19.4 Å². The number of benzene rings is 2. The summed E-state index contributed by atoms with van der Waals surface area (Å²) in [6.45, 7) is 2.20. The Morgan fingerprint density at radius 3 is 2.65 bits per heavy atom. The summed E-state index contributed by atoms with van der Waals surface area (Å²) in [6.07, 6.45) is 1.99. The van der Waals surface area contributed by atoms with Gasteiger partial charge in [-0.05, 0) is 54.3 Å². The zero-order valence-corrected chi connectivity index (χ0v) is 15.7. The van der Waals surface area contributed by atoms with Crippen LogP contribution in [0.4, 0.5) is 0 Å². The lowest BCUT2D eigenvalue weighted by Gasteiger charge is -2.47. The topological polar surface area (TPSA) is 49.8 Å². The van der Waals surface area contributed by atoms with Gasteiger partial charge in [0, 0.05) is 34.1 Å². The first kappa shape index (κ1) is 17.7. The Kier molecular flexibility index (Phi) is 4.59. The summed E-state index contributed by atoms with van der Waals surface area (Å²) < 4.78 is 5.92. The Hall–Kier alpha value is -1.75. The summed E-state index contributed by atoms with van der Waals surface area (Å²) in [5.74, 6) is 0.0595. The second kappa shape index (κ2) is 6.76. The smallest absolute Gasteiger partial charge is 0.317 e. The van der Waals surface area contributed by atoms with Crippen molar-refractivity contribution in [1.29, 1.82) is 0 Å². The number of rotatable bonds is 5. The second-order valence-electron chi connectivity index (χ2n) is 7.35. The van der Waals surface area contributed by atoms with E-state index in [1.165, 1.54) is 11.1 Å². The molecule has 1 aliphatic carbocycles. The van der Waals surface area contributed by atoms with Gasteiger partial charge in [0.15, 0.2) is 0 Å². The maximum atomic E-state index is 10.8. The molecule has 4 nitrogen and oxygen atoms in total. The van der Waals surface area contributed by atoms with Gasteiger partial charge in [-0.1, -0.05) is 29.3 Å². The van der Waals surface area contributed by atoms with E-state index in [-0.39, 0.29) is 12.0 Å². The third kappa shape index (κ3) is 3.54. The number of likely N-dealkylation sites (tertiary alicyclic amines) is 1. The Morgan fingerprint density at radius 2 is 1.88 bits per heavy atom. The second-order valence-corrected chi connectivity index (χ2v) is 8.19. The van der Waals surface area contributed by atoms with Crippen molar-refractivity contribution in [3.8, 4) is 5.75 Å². The summed E-state index contributed by atoms with van der Waals surface area (Å²) in [5, 5.41) is 10.2. The minimum atomic E-state index is -0.759. The Balaban J connectivity index is 1.40. The molecular weight excluding hydrogens is 373 g/mol. The normalized spacial score (nSPS) is 17.8. The molecule has 1 fully saturated rings. The van der Waals surface area contributed by atoms with Crippen LogP contribution >= 0.6 is 23.2 Å². The van der Waals surface area contributed by atoms with Crippen molar-refractivity contribution in [2.75, 3.05) is 19.6 Å². The fourth-order valence-corrected chi connectivity index (χ4v) is 4.51. The van der Waals surface area contributed by atoms with Crippen LogP contribution in [-0.4, -0.2) is 35.6 Å². The number of carboxylic acids is 1. The molecule has 6 heteroatoms. The van der Waals surface area contributed by atoms with E-state index < -0.39 is 5.97 Å². The fraction of sp³-hybridized carbons (Fsp3) is 0.350. The average Bonchev–Trinajstić information content (AvgIpc) is 2.93. The van der Waals surface area contributed by atoms with Crippen molar-refractivity contribution in [3.63, 3.8) is 0 Å². The van der Waals surface area contributed by atoms with Crippen molar-refractivity contribution in [2.24, 2.45) is 5.41 Å². The largest absolute Gasteiger partial charge is 0.489 e. The molecule has 2 aromatic rings. The third-order valence-corrected chi connectivity index (χ3v) is 5.79. The predicted octanol–water partition coefficient (Wildman–Crippen LogP) is 4.06. The van der Waals surface area contributed by atoms with E-state index in [1.54, 1.807) is 12.1 Å². The van der Waals surface area contributed by atoms with Crippen LogP contribution in [-0.2, 0) is 24.2 Å². The molecule has 0 saturated carbocycles. The molecule has 2 aliphatic rings. The van der Waals surface area contributed by atoms with Crippen LogP contribution < -0.4 is 4.74 Å². The molecule has 0 radical (unpaired) electrons. The summed E-state index contributed by atoms with van der Waals surface area (Å²) in [7, 11) is 0. The van der Waals surface area contributed by atoms with Gasteiger partial charge in [-0.15, -0.1) is 0 Å². The van der Waals surface area contributed by atoms with E-state index in [4.69, 9.17) is 33.0 Å². The highest BCUT2D eigenvalue weighted by Crippen LogP contribution is 2.44. The van der Waals surface area contributed by atoms with Gasteiger partial charge >= 0.3 is 5.97 Å². The average molecular weight is 392 g/mol. The Labute approximate surface area is 162 Å². The zero-order chi connectivity index (χ0) is 18.3. The molecule has 4 rings (SSSR count). The van der Waals surface area contributed by atoms with Crippen LogP contribution in [0.1, 0.15) is 16.7 Å². The number of carboxylic acid groups (broad SMARTS) is 1. The van der Waals surface area contributed by atoms with E-state index in [0.717, 1.165) is 37.2 Å². The highest BCUT2D eigenvalue weighted by molar-refractivity contribution is 6.33. The molecule has 136 valence electrons. The first-order valence-electron chi connectivity index (χ1n) is 8.55. The van der Waals surface area contributed by atoms with E-state index in [2.05, 4.69) is 12.1 Å². The van der Waals surface area contributed by atoms with Crippen LogP contribution in [0.25, 0.3) is 0 Å². The molecule has 1 spiro atoms. The molecule has 1 N–H and O–H groups in total. The van der Waals surface area contributed by atoms with E-state index in [9.17, 15) is 4.79 Å². The van der Waals surface area contributed by atoms with Gasteiger partial charge in [0.05, 0.1) is 6.54 Å². The first-order chi connectivity index (χ1) is 12.4. The lowest BCUT2D eigenvalue weighted by Crippen LogP contribution is -2.58. The maximum absolute atomic E-state index is 10.8. The number of nitrogens with zero attached hydrogens (tertiary/aromatic N) is 1. The number of halogens is 2. The first-order valence-corrected chi connectivity index (χ1v) is 9.31. The molecule has 0 bridgehead atoms. The fourth-order valence-electron chi connectivity index (χ4n) is 4.14. The van der Waals surface area contributed by atoms with Crippen molar-refractivity contribution >= 4 is 29.2 Å². The number of hydrogen-bond donors (Lipinski definition) is 1. The number of hydrogen-bond acceptors (Lipinski definition) is 3. The summed E-state index contributed by atoms with van der Waals surface area (Å²) >= 11 is 12.2. The SMILES string of the molecule is O=C(O)CN1CC2(Cc3ccc(OCc4cc(Cl)ccc4Cl)cc3C2)C1. The van der Waals surface area contributed by atoms with Gasteiger partial charge in [0.25, 0.3) is 0 Å². The van der Waals surface area contributed by atoms with Crippen molar-refractivity contribution in [3.05, 3.63) is 63.1 Å². The van der Waals surface area contributed by atoms with Crippen LogP contribution in [0, 0.1) is 5.41 Å². The van der Waals surface area contributed by atoms with Gasteiger partial charge in [-0.2, -0.15) is 0 Å². The standard InChI is InChI=1S/C20H19Cl2NO3/c21-16-2-4-18(22)15(5-16)10-26-17-3-1-13-7-20(8-14(13)6-17)11-23(12-20)9-19(24)25/h1-6H,7-12H2,(H,24,25). The minimum absolute atomic E-state index is 0.132. The molecule has 2 aromatic carbocycles. The summed E-state index contributed by atoms with van der Waals surface area (Å²) in [4.78, 5) is 12.8. The lowest BCUT2D eigenvalue weighted by atomic mass is 9.77. The predicted molar refractivity (Wildman–Crippen MR) is 101 cm³/mol. The molecule has 0 amide bonds. The Bertz CT molecular complexity index is 862. The molecule has 1 heterocycles. The molecular formula is C20H19Cl2NO3. The van der Waals surface area contributed by atoms with E-state index in [0.29, 0.717) is 16.7 Å².